The first kappa shape index (κ1) is 23.8. The molecule has 2 N–H and O–H groups in total. The molecule has 0 aliphatic heterocycles. The van der Waals surface area contributed by atoms with Crippen molar-refractivity contribution in [2.75, 3.05) is 5.32 Å². The molecule has 37 heavy (non-hydrogen) atoms. The Balaban J connectivity index is 1.49. The first-order valence-electron chi connectivity index (χ1n) is 11.1. The zero-order chi connectivity index (χ0) is 25.6. The van der Waals surface area contributed by atoms with E-state index in [9.17, 15) is 9.59 Å². The molecule has 0 saturated carbocycles. The number of carbonyl (C=O) groups excluding carboxylic acids is 1. The number of pyridine rings is 1. The van der Waals surface area contributed by atoms with Crippen LogP contribution < -0.4 is 21.2 Å². The molecule has 0 spiro atoms. The molecule has 10 nitrogen and oxygen atoms in total. The molecule has 1 amide bonds. The lowest BCUT2D eigenvalue weighted by atomic mass is 10.2. The Bertz CT molecular complexity index is 1630. The lowest BCUT2D eigenvalue weighted by Crippen LogP contribution is -2.38. The third-order valence-corrected chi connectivity index (χ3v) is 5.44. The quantitative estimate of drug-likeness (QED) is 0.328. The second-order valence-corrected chi connectivity index (χ2v) is 8.19. The molecule has 0 atom stereocenters. The minimum Gasteiger partial charge on any atom is -0.436 e. The lowest BCUT2D eigenvalue weighted by molar-refractivity contribution is 0.102. The van der Waals surface area contributed by atoms with Crippen molar-refractivity contribution >= 4 is 28.9 Å². The maximum absolute atomic E-state index is 13.4. The highest BCUT2D eigenvalue weighted by Gasteiger charge is 2.13. The van der Waals surface area contributed by atoms with Gasteiger partial charge in [0, 0.05) is 23.5 Å². The summed E-state index contributed by atoms with van der Waals surface area (Å²) in [4.78, 5) is 37.7. The number of aromatic amines is 1. The number of carbonyl (C=O) groups is 1. The molecule has 2 aromatic carbocycles. The molecule has 11 heteroatoms. The summed E-state index contributed by atoms with van der Waals surface area (Å²) in [6, 6.07) is 20.6. The van der Waals surface area contributed by atoms with E-state index < -0.39 is 11.5 Å². The van der Waals surface area contributed by atoms with Gasteiger partial charge in [-0.3, -0.25) is 19.1 Å². The van der Waals surface area contributed by atoms with Gasteiger partial charge in [0.1, 0.15) is 23.4 Å². The topological polar surface area (TPSA) is 127 Å². The number of aromatic nitrogens is 4. The van der Waals surface area contributed by atoms with Gasteiger partial charge in [-0.1, -0.05) is 29.8 Å². The van der Waals surface area contributed by atoms with Gasteiger partial charge in [-0.15, -0.1) is 0 Å². The summed E-state index contributed by atoms with van der Waals surface area (Å²) >= 11 is 6.02. The van der Waals surface area contributed by atoms with Crippen molar-refractivity contribution in [1.82, 2.24) is 19.7 Å². The van der Waals surface area contributed by atoms with E-state index in [0.29, 0.717) is 22.3 Å². The monoisotopic (exact) mass is 514 g/mol. The highest BCUT2D eigenvalue weighted by atomic mass is 35.5. The Labute approximate surface area is 214 Å². The van der Waals surface area contributed by atoms with Crippen molar-refractivity contribution in [2.45, 2.75) is 6.54 Å². The van der Waals surface area contributed by atoms with Crippen LogP contribution in [0.2, 0.25) is 5.02 Å². The molecule has 184 valence electrons. The average Bonchev–Trinajstić information content (AvgIpc) is 3.43. The summed E-state index contributed by atoms with van der Waals surface area (Å²) in [7, 11) is 0. The van der Waals surface area contributed by atoms with E-state index >= 15 is 0 Å². The van der Waals surface area contributed by atoms with E-state index in [1.54, 1.807) is 60.7 Å². The van der Waals surface area contributed by atoms with E-state index in [1.807, 2.05) is 12.1 Å². The van der Waals surface area contributed by atoms with Gasteiger partial charge in [0.2, 0.25) is 5.62 Å². The van der Waals surface area contributed by atoms with Crippen LogP contribution in [0, 0.1) is 0 Å². The largest absolute Gasteiger partial charge is 0.436 e. The van der Waals surface area contributed by atoms with Gasteiger partial charge in [0.25, 0.3) is 17.3 Å². The predicted molar refractivity (Wildman–Crippen MR) is 136 cm³/mol. The number of rotatable bonds is 7. The van der Waals surface area contributed by atoms with Crippen LogP contribution in [-0.2, 0) is 6.54 Å². The van der Waals surface area contributed by atoms with Gasteiger partial charge in [-0.05, 0) is 59.3 Å². The Hall–Kier alpha value is -4.96. The second kappa shape index (κ2) is 10.8. The zero-order valence-corrected chi connectivity index (χ0v) is 19.9. The Kier molecular flexibility index (Phi) is 6.91. The molecule has 0 unspecified atom stereocenters. The summed E-state index contributed by atoms with van der Waals surface area (Å²) < 4.78 is 11.8. The smallest absolute Gasteiger partial charge is 0.278 e. The van der Waals surface area contributed by atoms with Crippen molar-refractivity contribution in [3.63, 3.8) is 0 Å². The number of halogens is 1. The summed E-state index contributed by atoms with van der Waals surface area (Å²) in [5, 5.41) is 6.91. The summed E-state index contributed by atoms with van der Waals surface area (Å²) in [5.41, 5.74) is 1.47. The molecule has 0 aliphatic rings. The number of ether oxygens (including phenoxy) is 1. The van der Waals surface area contributed by atoms with Gasteiger partial charge in [-0.2, -0.15) is 0 Å². The van der Waals surface area contributed by atoms with Gasteiger partial charge in [-0.25, -0.2) is 4.99 Å². The SMILES string of the molecule is O=C(Nc1c[nH]/c(=N\c2ccc(Oc3ccon3)cc2)n(Cc2ccc(Cl)cc2)c1=O)c1ccccn1. The third-order valence-electron chi connectivity index (χ3n) is 5.18. The maximum atomic E-state index is 13.4. The molecule has 0 aliphatic carbocycles. The highest BCUT2D eigenvalue weighted by molar-refractivity contribution is 6.30. The van der Waals surface area contributed by atoms with Crippen LogP contribution in [0.1, 0.15) is 16.1 Å². The summed E-state index contributed by atoms with van der Waals surface area (Å²) in [6.45, 7) is 0.186. The fraction of sp³-hybridized carbons (Fsp3) is 0.0385. The van der Waals surface area contributed by atoms with Crippen molar-refractivity contribution in [2.24, 2.45) is 4.99 Å². The van der Waals surface area contributed by atoms with Crippen LogP contribution in [0.3, 0.4) is 0 Å². The summed E-state index contributed by atoms with van der Waals surface area (Å²) in [5.74, 6) is 0.373. The Morgan fingerprint density at radius 3 is 2.59 bits per heavy atom. The summed E-state index contributed by atoms with van der Waals surface area (Å²) in [6.07, 6.45) is 4.32. The van der Waals surface area contributed by atoms with Crippen molar-refractivity contribution in [3.8, 4) is 11.6 Å². The molecule has 0 fully saturated rings. The van der Waals surface area contributed by atoms with Gasteiger partial charge in [0.15, 0.2) is 0 Å². The molecule has 0 radical (unpaired) electrons. The van der Waals surface area contributed by atoms with Crippen LogP contribution in [0.4, 0.5) is 11.4 Å². The van der Waals surface area contributed by atoms with E-state index in [0.717, 1.165) is 5.56 Å². The first-order chi connectivity index (χ1) is 18.0. The lowest BCUT2D eigenvalue weighted by Gasteiger charge is -2.11. The standard InChI is InChI=1S/C26H19ClN6O4/c27-18-6-4-17(5-7-18)16-33-25(35)22(31-24(34)21-3-1-2-13-28-21)15-29-26(33)30-19-8-10-20(11-9-19)37-23-12-14-36-32-23/h1-15H,16H2,(H,29,30)(H,31,34). The molecule has 5 aromatic rings. The van der Waals surface area contributed by atoms with Gasteiger partial charge >= 0.3 is 0 Å². The fourth-order valence-electron chi connectivity index (χ4n) is 3.39. The molecule has 3 heterocycles. The normalized spacial score (nSPS) is 11.3. The number of benzene rings is 2. The number of H-pyrrole nitrogens is 1. The van der Waals surface area contributed by atoms with Crippen molar-refractivity contribution in [3.05, 3.63) is 124 Å². The fourth-order valence-corrected chi connectivity index (χ4v) is 3.51. The number of hydrogen-bond donors (Lipinski definition) is 2. The van der Waals surface area contributed by atoms with Crippen molar-refractivity contribution < 1.29 is 14.1 Å². The average molecular weight is 515 g/mol. The van der Waals surface area contributed by atoms with Crippen molar-refractivity contribution in [1.29, 1.82) is 0 Å². The van der Waals surface area contributed by atoms with Gasteiger partial charge in [0.05, 0.1) is 12.2 Å². The van der Waals surface area contributed by atoms with Crippen LogP contribution in [0.15, 0.2) is 106 Å². The zero-order valence-electron chi connectivity index (χ0n) is 19.2. The van der Waals surface area contributed by atoms with E-state index in [2.05, 4.69) is 25.4 Å². The highest BCUT2D eigenvalue weighted by Crippen LogP contribution is 2.22. The molecular weight excluding hydrogens is 496 g/mol. The van der Waals surface area contributed by atoms with Crippen LogP contribution in [0.5, 0.6) is 11.6 Å². The van der Waals surface area contributed by atoms with Crippen LogP contribution in [-0.4, -0.2) is 25.6 Å². The van der Waals surface area contributed by atoms with Crippen LogP contribution in [0.25, 0.3) is 0 Å². The molecule has 5 rings (SSSR count). The Morgan fingerprint density at radius 2 is 1.89 bits per heavy atom. The Morgan fingerprint density at radius 1 is 1.08 bits per heavy atom. The number of hydrogen-bond acceptors (Lipinski definition) is 7. The minimum absolute atomic E-state index is 0.0555. The maximum Gasteiger partial charge on any atom is 0.278 e. The number of nitrogens with one attached hydrogen (secondary N) is 2. The number of amides is 1. The molecular formula is C26H19ClN6O4. The second-order valence-electron chi connectivity index (χ2n) is 7.76. The van der Waals surface area contributed by atoms with E-state index in [-0.39, 0.29) is 23.5 Å². The first-order valence-corrected chi connectivity index (χ1v) is 11.5. The minimum atomic E-state index is -0.503. The molecule has 0 saturated heterocycles. The molecule has 3 aromatic heterocycles. The van der Waals surface area contributed by atoms with E-state index in [1.165, 1.54) is 23.2 Å². The van der Waals surface area contributed by atoms with Crippen LogP contribution >= 0.6 is 11.6 Å². The number of nitrogens with zero attached hydrogens (tertiary/aromatic N) is 4. The number of anilines is 1. The van der Waals surface area contributed by atoms with Gasteiger partial charge < -0.3 is 19.6 Å². The molecule has 0 bridgehead atoms. The van der Waals surface area contributed by atoms with E-state index in [4.69, 9.17) is 20.9 Å². The predicted octanol–water partition coefficient (Wildman–Crippen LogP) is 4.54. The third kappa shape index (κ3) is 5.82.